The molecule has 0 aliphatic heterocycles. The Hall–Kier alpha value is -7.42. The molecule has 0 aliphatic carbocycles. The van der Waals surface area contributed by atoms with Gasteiger partial charge in [-0.3, -0.25) is 0 Å². The predicted octanol–water partition coefficient (Wildman–Crippen LogP) is 15.6. The molecule has 264 valence electrons. The van der Waals surface area contributed by atoms with Gasteiger partial charge < -0.3 is 9.32 Å². The molecule has 0 saturated carbocycles. The number of para-hydroxylation sites is 2. The number of nitrogens with zero attached hydrogens (tertiary/aromatic N) is 1. The smallest absolute Gasteiger partial charge is 0.143 e. The zero-order chi connectivity index (χ0) is 37.4. The van der Waals surface area contributed by atoms with Gasteiger partial charge in [0.05, 0.1) is 11.4 Å². The van der Waals surface area contributed by atoms with E-state index < -0.39 is 0 Å². The molecule has 0 radical (unpaired) electrons. The first-order chi connectivity index (χ1) is 27.7. The second kappa shape index (κ2) is 14.1. The van der Waals surface area contributed by atoms with Crippen LogP contribution in [0.15, 0.2) is 217 Å². The first-order valence-electron chi connectivity index (χ1n) is 19.0. The fourth-order valence-corrected chi connectivity index (χ4v) is 8.22. The second-order valence-corrected chi connectivity index (χ2v) is 14.1. The summed E-state index contributed by atoms with van der Waals surface area (Å²) in [6.07, 6.45) is 5.93. The lowest BCUT2D eigenvalue weighted by Crippen LogP contribution is -2.12. The summed E-state index contributed by atoms with van der Waals surface area (Å²) >= 11 is 0. The summed E-state index contributed by atoms with van der Waals surface area (Å²) in [5.41, 5.74) is 13.2. The van der Waals surface area contributed by atoms with Crippen molar-refractivity contribution in [1.82, 2.24) is 0 Å². The number of benzene rings is 9. The maximum atomic E-state index is 6.52. The van der Waals surface area contributed by atoms with E-state index in [9.17, 15) is 0 Å². The van der Waals surface area contributed by atoms with Gasteiger partial charge in [-0.25, -0.2) is 0 Å². The largest absolute Gasteiger partial charge is 0.455 e. The fourth-order valence-electron chi connectivity index (χ4n) is 8.22. The van der Waals surface area contributed by atoms with Crippen LogP contribution in [-0.4, -0.2) is 0 Å². The average molecular weight is 716 g/mol. The van der Waals surface area contributed by atoms with Crippen molar-refractivity contribution in [1.29, 1.82) is 0 Å². The molecule has 10 rings (SSSR count). The third kappa shape index (κ3) is 5.76. The number of rotatable bonds is 8. The average Bonchev–Trinajstić information content (AvgIpc) is 3.65. The van der Waals surface area contributed by atoms with Gasteiger partial charge in [0.1, 0.15) is 11.2 Å². The number of allylic oxidation sites excluding steroid dienone is 2. The Kier molecular flexibility index (Phi) is 8.35. The molecular weight excluding hydrogens is 679 g/mol. The lowest BCUT2D eigenvalue weighted by molar-refractivity contribution is 0.672. The number of fused-ring (bicyclic) bond motifs is 6. The monoisotopic (exact) mass is 715 g/mol. The van der Waals surface area contributed by atoms with Gasteiger partial charge in [-0.1, -0.05) is 176 Å². The van der Waals surface area contributed by atoms with Crippen LogP contribution < -0.4 is 4.90 Å². The lowest BCUT2D eigenvalue weighted by atomic mass is 9.95. The molecule has 0 amide bonds. The van der Waals surface area contributed by atoms with E-state index in [1.54, 1.807) is 0 Å². The molecule has 0 atom stereocenters. The highest BCUT2D eigenvalue weighted by Crippen LogP contribution is 2.46. The van der Waals surface area contributed by atoms with Crippen molar-refractivity contribution in [2.45, 2.75) is 0 Å². The Morgan fingerprint density at radius 3 is 1.86 bits per heavy atom. The molecule has 0 saturated heterocycles. The molecule has 56 heavy (non-hydrogen) atoms. The van der Waals surface area contributed by atoms with Crippen LogP contribution in [0, 0.1) is 0 Å². The van der Waals surface area contributed by atoms with Crippen molar-refractivity contribution in [2.24, 2.45) is 0 Å². The Bertz CT molecular complexity index is 3100. The Balaban J connectivity index is 1.15. The highest BCUT2D eigenvalue weighted by atomic mass is 16.3. The molecule has 0 spiro atoms. The van der Waals surface area contributed by atoms with Gasteiger partial charge in [0.2, 0.25) is 0 Å². The molecule has 0 N–H and O–H groups in total. The molecule has 10 aromatic rings. The second-order valence-electron chi connectivity index (χ2n) is 14.1. The number of anilines is 3. The van der Waals surface area contributed by atoms with Gasteiger partial charge in [0.15, 0.2) is 0 Å². The standard InChI is InChI=1S/C54H37NO/c1-2-3-15-37-19-13-25-48-43(37)23-14-24-44(48)40-28-32-42(33-29-40)55(51-26-11-9-20-45(51)38-16-5-4-6-17-38)52-27-12-10-21-46(52)41-31-35-53-50(36-41)49-34-30-39-18-7-8-22-47(39)54(49)56-53/h2-36H,1H2/b15-3-. The predicted molar refractivity (Wildman–Crippen MR) is 239 cm³/mol. The summed E-state index contributed by atoms with van der Waals surface area (Å²) in [5.74, 6) is 0. The van der Waals surface area contributed by atoms with E-state index in [1.807, 2.05) is 12.2 Å². The van der Waals surface area contributed by atoms with Crippen molar-refractivity contribution in [2.75, 3.05) is 4.90 Å². The van der Waals surface area contributed by atoms with E-state index >= 15 is 0 Å². The SMILES string of the molecule is C=C/C=C\c1cccc2c(-c3ccc(N(c4ccccc4-c4ccccc4)c4ccccc4-c4ccc5oc6c7ccccc7ccc6c5c4)cc3)cccc12. The van der Waals surface area contributed by atoms with Crippen LogP contribution >= 0.6 is 0 Å². The van der Waals surface area contributed by atoms with Gasteiger partial charge in [-0.15, -0.1) is 0 Å². The van der Waals surface area contributed by atoms with Gasteiger partial charge >= 0.3 is 0 Å². The summed E-state index contributed by atoms with van der Waals surface area (Å²) in [6, 6.07) is 69.6. The summed E-state index contributed by atoms with van der Waals surface area (Å²) in [4.78, 5) is 2.41. The Morgan fingerprint density at radius 1 is 0.429 bits per heavy atom. The van der Waals surface area contributed by atoms with Gasteiger partial charge in [0.25, 0.3) is 0 Å². The molecule has 1 aromatic heterocycles. The van der Waals surface area contributed by atoms with E-state index in [-0.39, 0.29) is 0 Å². The number of hydrogen-bond acceptors (Lipinski definition) is 2. The summed E-state index contributed by atoms with van der Waals surface area (Å²) in [5, 5.41) is 6.97. The van der Waals surface area contributed by atoms with Crippen LogP contribution in [-0.2, 0) is 0 Å². The first kappa shape index (κ1) is 33.2. The van der Waals surface area contributed by atoms with Crippen molar-refractivity contribution in [3.05, 3.63) is 218 Å². The topological polar surface area (TPSA) is 16.4 Å². The van der Waals surface area contributed by atoms with Crippen molar-refractivity contribution in [3.8, 4) is 33.4 Å². The van der Waals surface area contributed by atoms with Crippen LogP contribution in [0.1, 0.15) is 5.56 Å². The molecule has 2 heteroatoms. The highest BCUT2D eigenvalue weighted by Gasteiger charge is 2.21. The zero-order valence-electron chi connectivity index (χ0n) is 30.8. The number of furan rings is 1. The molecule has 2 nitrogen and oxygen atoms in total. The van der Waals surface area contributed by atoms with Crippen LogP contribution in [0.4, 0.5) is 17.1 Å². The number of hydrogen-bond donors (Lipinski definition) is 0. The van der Waals surface area contributed by atoms with Crippen LogP contribution in [0.25, 0.3) is 82.9 Å². The highest BCUT2D eigenvalue weighted by molar-refractivity contribution is 6.15. The lowest BCUT2D eigenvalue weighted by Gasteiger charge is -2.30. The third-order valence-electron chi connectivity index (χ3n) is 10.9. The fraction of sp³-hybridized carbons (Fsp3) is 0. The van der Waals surface area contributed by atoms with E-state index in [0.29, 0.717) is 0 Å². The van der Waals surface area contributed by atoms with Crippen molar-refractivity contribution >= 4 is 66.6 Å². The van der Waals surface area contributed by atoms with Gasteiger partial charge in [-0.2, -0.15) is 0 Å². The van der Waals surface area contributed by atoms with Crippen LogP contribution in [0.5, 0.6) is 0 Å². The van der Waals surface area contributed by atoms with E-state index in [0.717, 1.165) is 66.6 Å². The Morgan fingerprint density at radius 2 is 1.05 bits per heavy atom. The maximum Gasteiger partial charge on any atom is 0.143 e. The van der Waals surface area contributed by atoms with Gasteiger partial charge in [-0.05, 0) is 86.4 Å². The van der Waals surface area contributed by atoms with Crippen molar-refractivity contribution in [3.63, 3.8) is 0 Å². The van der Waals surface area contributed by atoms with Crippen molar-refractivity contribution < 1.29 is 4.42 Å². The quantitative estimate of drug-likeness (QED) is 0.146. The molecule has 0 aliphatic rings. The minimum Gasteiger partial charge on any atom is -0.455 e. The third-order valence-corrected chi connectivity index (χ3v) is 10.9. The summed E-state index contributed by atoms with van der Waals surface area (Å²) < 4.78 is 6.52. The minimum absolute atomic E-state index is 0.886. The summed E-state index contributed by atoms with van der Waals surface area (Å²) in [6.45, 7) is 3.87. The Labute approximate surface area is 326 Å². The van der Waals surface area contributed by atoms with E-state index in [2.05, 4.69) is 212 Å². The maximum absolute atomic E-state index is 6.52. The molecule has 1 heterocycles. The molecule has 9 aromatic carbocycles. The molecule has 0 fully saturated rings. The zero-order valence-corrected chi connectivity index (χ0v) is 30.8. The normalized spacial score (nSPS) is 11.6. The first-order valence-corrected chi connectivity index (χ1v) is 19.0. The molecule has 0 bridgehead atoms. The van der Waals surface area contributed by atoms with E-state index in [4.69, 9.17) is 4.42 Å². The minimum atomic E-state index is 0.886. The van der Waals surface area contributed by atoms with E-state index in [1.165, 1.54) is 32.8 Å². The summed E-state index contributed by atoms with van der Waals surface area (Å²) in [7, 11) is 0. The van der Waals surface area contributed by atoms with Gasteiger partial charge in [0, 0.05) is 33.0 Å². The van der Waals surface area contributed by atoms with Crippen LogP contribution in [0.3, 0.4) is 0 Å². The molecular formula is C54H37NO. The molecule has 0 unspecified atom stereocenters. The van der Waals surface area contributed by atoms with Crippen LogP contribution in [0.2, 0.25) is 0 Å².